The SMILES string of the molecule is CC1(C)C(O)CC1NC(=O)c1cc(Cl)ccc1N. The van der Waals surface area contributed by atoms with Gasteiger partial charge >= 0.3 is 0 Å². The Kier molecular flexibility index (Phi) is 3.25. The van der Waals surface area contributed by atoms with E-state index in [-0.39, 0.29) is 23.5 Å². The van der Waals surface area contributed by atoms with Crippen molar-refractivity contribution in [2.45, 2.75) is 32.4 Å². The van der Waals surface area contributed by atoms with Crippen LogP contribution in [0.1, 0.15) is 30.6 Å². The van der Waals surface area contributed by atoms with E-state index in [2.05, 4.69) is 5.32 Å². The van der Waals surface area contributed by atoms with Gasteiger partial charge in [0.15, 0.2) is 0 Å². The topological polar surface area (TPSA) is 75.3 Å². The summed E-state index contributed by atoms with van der Waals surface area (Å²) in [4.78, 5) is 12.1. The fourth-order valence-electron chi connectivity index (χ4n) is 2.11. The quantitative estimate of drug-likeness (QED) is 0.716. The molecule has 0 aliphatic heterocycles. The first-order chi connectivity index (χ1) is 8.32. The van der Waals surface area contributed by atoms with Gasteiger partial charge < -0.3 is 16.2 Å². The van der Waals surface area contributed by atoms with E-state index in [1.165, 1.54) is 0 Å². The number of hydrogen-bond acceptors (Lipinski definition) is 3. The van der Waals surface area contributed by atoms with Gasteiger partial charge in [-0.3, -0.25) is 4.79 Å². The van der Waals surface area contributed by atoms with Gasteiger partial charge in [-0.05, 0) is 24.6 Å². The summed E-state index contributed by atoms with van der Waals surface area (Å²) in [6, 6.07) is 4.76. The van der Waals surface area contributed by atoms with Crippen LogP contribution in [0.4, 0.5) is 5.69 Å². The Morgan fingerprint density at radius 1 is 1.56 bits per heavy atom. The molecule has 0 saturated heterocycles. The molecule has 4 N–H and O–H groups in total. The summed E-state index contributed by atoms with van der Waals surface area (Å²) in [5.41, 5.74) is 6.22. The summed E-state index contributed by atoms with van der Waals surface area (Å²) in [5.74, 6) is -0.250. The van der Waals surface area contributed by atoms with Gasteiger partial charge in [0.05, 0.1) is 11.7 Å². The maximum Gasteiger partial charge on any atom is 0.253 e. The third-order valence-corrected chi connectivity index (χ3v) is 4.02. The first-order valence-corrected chi connectivity index (χ1v) is 6.24. The molecule has 98 valence electrons. The van der Waals surface area contributed by atoms with Gasteiger partial charge in [0.1, 0.15) is 0 Å². The Morgan fingerprint density at radius 2 is 2.22 bits per heavy atom. The lowest BCUT2D eigenvalue weighted by atomic mass is 9.64. The zero-order valence-corrected chi connectivity index (χ0v) is 11.2. The number of nitrogen functional groups attached to an aromatic ring is 1. The summed E-state index contributed by atoms with van der Waals surface area (Å²) >= 11 is 5.85. The molecule has 1 aliphatic carbocycles. The van der Waals surface area contributed by atoms with E-state index < -0.39 is 0 Å². The lowest BCUT2D eigenvalue weighted by molar-refractivity contribution is -0.0689. The normalized spacial score (nSPS) is 25.3. The summed E-state index contributed by atoms with van der Waals surface area (Å²) < 4.78 is 0. The molecule has 5 heteroatoms. The number of aliphatic hydroxyl groups is 1. The highest BCUT2D eigenvalue weighted by molar-refractivity contribution is 6.31. The van der Waals surface area contributed by atoms with Crippen molar-refractivity contribution in [2.24, 2.45) is 5.41 Å². The zero-order valence-electron chi connectivity index (χ0n) is 10.4. The monoisotopic (exact) mass is 268 g/mol. The number of benzene rings is 1. The Hall–Kier alpha value is -1.26. The molecule has 0 aromatic heterocycles. The van der Waals surface area contributed by atoms with Crippen LogP contribution in [0.5, 0.6) is 0 Å². The van der Waals surface area contributed by atoms with Crippen LogP contribution >= 0.6 is 11.6 Å². The van der Waals surface area contributed by atoms with Gasteiger partial charge in [0.2, 0.25) is 0 Å². The van der Waals surface area contributed by atoms with E-state index in [4.69, 9.17) is 17.3 Å². The van der Waals surface area contributed by atoms with Gasteiger partial charge in [0.25, 0.3) is 5.91 Å². The molecule has 1 aromatic carbocycles. The van der Waals surface area contributed by atoms with Crippen molar-refractivity contribution in [3.8, 4) is 0 Å². The number of anilines is 1. The van der Waals surface area contributed by atoms with Crippen LogP contribution < -0.4 is 11.1 Å². The molecule has 2 rings (SSSR count). The van der Waals surface area contributed by atoms with Gasteiger partial charge in [-0.1, -0.05) is 25.4 Å². The van der Waals surface area contributed by atoms with Crippen molar-refractivity contribution in [1.29, 1.82) is 0 Å². The molecule has 0 bridgehead atoms. The molecule has 1 aliphatic rings. The van der Waals surface area contributed by atoms with E-state index in [0.29, 0.717) is 22.7 Å². The minimum absolute atomic E-state index is 0.0432. The maximum absolute atomic E-state index is 12.1. The average molecular weight is 269 g/mol. The van der Waals surface area contributed by atoms with E-state index in [1.54, 1.807) is 18.2 Å². The number of rotatable bonds is 2. The molecule has 4 nitrogen and oxygen atoms in total. The van der Waals surface area contributed by atoms with Crippen molar-refractivity contribution in [3.63, 3.8) is 0 Å². The van der Waals surface area contributed by atoms with Crippen molar-refractivity contribution in [1.82, 2.24) is 5.32 Å². The Bertz CT molecular complexity index is 488. The molecule has 0 heterocycles. The highest BCUT2D eigenvalue weighted by Gasteiger charge is 2.48. The summed E-state index contributed by atoms with van der Waals surface area (Å²) in [5, 5.41) is 13.0. The van der Waals surface area contributed by atoms with Crippen LogP contribution in [0.2, 0.25) is 5.02 Å². The number of hydrogen-bond donors (Lipinski definition) is 3. The second kappa shape index (κ2) is 4.44. The lowest BCUT2D eigenvalue weighted by Crippen LogP contribution is -2.61. The Balaban J connectivity index is 2.12. The van der Waals surface area contributed by atoms with Gasteiger partial charge in [-0.15, -0.1) is 0 Å². The molecule has 1 fully saturated rings. The fraction of sp³-hybridized carbons (Fsp3) is 0.462. The largest absolute Gasteiger partial charge is 0.398 e. The highest BCUT2D eigenvalue weighted by Crippen LogP contribution is 2.40. The maximum atomic E-state index is 12.1. The third kappa shape index (κ3) is 2.18. The first kappa shape index (κ1) is 13.2. The molecule has 1 amide bonds. The number of carbonyl (C=O) groups excluding carboxylic acids is 1. The van der Waals surface area contributed by atoms with Crippen molar-refractivity contribution in [2.75, 3.05) is 5.73 Å². The molecule has 18 heavy (non-hydrogen) atoms. The molecule has 1 aromatic rings. The predicted molar refractivity (Wildman–Crippen MR) is 71.5 cm³/mol. The van der Waals surface area contributed by atoms with Gasteiger partial charge in [-0.25, -0.2) is 0 Å². The summed E-state index contributed by atoms with van der Waals surface area (Å²) in [7, 11) is 0. The van der Waals surface area contributed by atoms with Crippen molar-refractivity contribution < 1.29 is 9.90 Å². The second-order valence-corrected chi connectivity index (χ2v) is 5.77. The molecule has 0 spiro atoms. The standard InChI is InChI=1S/C13H17ClN2O2/c1-13(2)10(6-11(13)17)16-12(18)8-5-7(14)3-4-9(8)15/h3-5,10-11,17H,6,15H2,1-2H3,(H,16,18). The minimum Gasteiger partial charge on any atom is -0.398 e. The second-order valence-electron chi connectivity index (χ2n) is 5.33. The number of amides is 1. The van der Waals surface area contributed by atoms with Crippen molar-refractivity contribution in [3.05, 3.63) is 28.8 Å². The number of nitrogens with two attached hydrogens (primary N) is 1. The van der Waals surface area contributed by atoms with E-state index >= 15 is 0 Å². The van der Waals surface area contributed by atoms with Crippen LogP contribution in [0.25, 0.3) is 0 Å². The van der Waals surface area contributed by atoms with E-state index in [9.17, 15) is 9.90 Å². The molecule has 2 unspecified atom stereocenters. The minimum atomic E-state index is -0.375. The smallest absolute Gasteiger partial charge is 0.253 e. The molecular weight excluding hydrogens is 252 g/mol. The molecular formula is C13H17ClN2O2. The predicted octanol–water partition coefficient (Wildman–Crippen LogP) is 1.81. The molecule has 1 saturated carbocycles. The highest BCUT2D eigenvalue weighted by atomic mass is 35.5. The number of halogens is 1. The Labute approximate surface area is 111 Å². The fourth-order valence-corrected chi connectivity index (χ4v) is 2.28. The number of carbonyl (C=O) groups is 1. The van der Waals surface area contributed by atoms with Crippen LogP contribution in [-0.4, -0.2) is 23.2 Å². The summed E-state index contributed by atoms with van der Waals surface area (Å²) in [6.07, 6.45) is 0.193. The van der Waals surface area contributed by atoms with Crippen molar-refractivity contribution >= 4 is 23.2 Å². The molecule has 2 atom stereocenters. The summed E-state index contributed by atoms with van der Waals surface area (Å²) in [6.45, 7) is 3.85. The van der Waals surface area contributed by atoms with Gasteiger partial charge in [0, 0.05) is 22.2 Å². The zero-order chi connectivity index (χ0) is 13.5. The third-order valence-electron chi connectivity index (χ3n) is 3.78. The lowest BCUT2D eigenvalue weighted by Gasteiger charge is -2.49. The number of aliphatic hydroxyl groups excluding tert-OH is 1. The Morgan fingerprint density at radius 3 is 2.78 bits per heavy atom. The van der Waals surface area contributed by atoms with Crippen LogP contribution in [0, 0.1) is 5.41 Å². The van der Waals surface area contributed by atoms with Crippen LogP contribution in [0.3, 0.4) is 0 Å². The number of nitrogens with one attached hydrogen (secondary N) is 1. The average Bonchev–Trinajstić information content (AvgIpc) is 2.31. The van der Waals surface area contributed by atoms with E-state index in [1.807, 2.05) is 13.8 Å². The first-order valence-electron chi connectivity index (χ1n) is 5.86. The van der Waals surface area contributed by atoms with Crippen LogP contribution in [-0.2, 0) is 0 Å². The van der Waals surface area contributed by atoms with Crippen LogP contribution in [0.15, 0.2) is 18.2 Å². The van der Waals surface area contributed by atoms with E-state index in [0.717, 1.165) is 0 Å². The van der Waals surface area contributed by atoms with Gasteiger partial charge in [-0.2, -0.15) is 0 Å². The molecule has 0 radical (unpaired) electrons.